The van der Waals surface area contributed by atoms with Gasteiger partial charge in [0.1, 0.15) is 0 Å². The number of carbonyl (C=O) groups is 2. The average Bonchev–Trinajstić information content (AvgIpc) is 2.62. The fourth-order valence-electron chi connectivity index (χ4n) is 2.68. The van der Waals surface area contributed by atoms with Crippen LogP contribution in [0.3, 0.4) is 0 Å². The van der Waals surface area contributed by atoms with Crippen LogP contribution in [-0.2, 0) is 14.3 Å². The van der Waals surface area contributed by atoms with Gasteiger partial charge in [-0.2, -0.15) is 0 Å². The highest BCUT2D eigenvalue weighted by Gasteiger charge is 2.48. The molecule has 0 spiro atoms. The molecule has 3 heteroatoms. The molecule has 2 rings (SSSR count). The highest BCUT2D eigenvalue weighted by Crippen LogP contribution is 2.49. The van der Waals surface area contributed by atoms with Crippen molar-refractivity contribution in [3.05, 3.63) is 11.6 Å². The number of ketones is 1. The van der Waals surface area contributed by atoms with E-state index in [9.17, 15) is 9.59 Å². The van der Waals surface area contributed by atoms with Gasteiger partial charge >= 0.3 is 5.97 Å². The first kappa shape index (κ1) is 10.4. The van der Waals surface area contributed by atoms with Crippen molar-refractivity contribution in [2.75, 3.05) is 6.61 Å². The zero-order chi connectivity index (χ0) is 10.9. The van der Waals surface area contributed by atoms with Crippen molar-refractivity contribution in [2.45, 2.75) is 39.0 Å². The van der Waals surface area contributed by atoms with Crippen molar-refractivity contribution < 1.29 is 14.3 Å². The monoisotopic (exact) mass is 208 g/mol. The van der Waals surface area contributed by atoms with Gasteiger partial charge in [-0.25, -0.2) is 0 Å². The summed E-state index contributed by atoms with van der Waals surface area (Å²) in [7, 11) is 0. The lowest BCUT2D eigenvalue weighted by molar-refractivity contribution is -0.153. The molecule has 0 aliphatic heterocycles. The zero-order valence-corrected chi connectivity index (χ0v) is 9.04. The van der Waals surface area contributed by atoms with Crippen LogP contribution < -0.4 is 0 Å². The zero-order valence-electron chi connectivity index (χ0n) is 9.04. The van der Waals surface area contributed by atoms with Crippen LogP contribution in [0.5, 0.6) is 0 Å². The Balaban J connectivity index is 2.29. The highest BCUT2D eigenvalue weighted by molar-refractivity contribution is 5.95. The Labute approximate surface area is 89.5 Å². The maximum atomic E-state index is 11.9. The van der Waals surface area contributed by atoms with Crippen molar-refractivity contribution in [3.63, 3.8) is 0 Å². The summed E-state index contributed by atoms with van der Waals surface area (Å²) in [6.45, 7) is 2.24. The summed E-state index contributed by atoms with van der Waals surface area (Å²) in [5.74, 6) is 0.0353. The predicted molar refractivity (Wildman–Crippen MR) is 55.2 cm³/mol. The van der Waals surface area contributed by atoms with E-state index in [1.165, 1.54) is 0 Å². The molecule has 1 fully saturated rings. The molecule has 0 saturated heterocycles. The minimum absolute atomic E-state index is 0.124. The number of esters is 1. The molecule has 3 nitrogen and oxygen atoms in total. The van der Waals surface area contributed by atoms with Crippen LogP contribution in [0.25, 0.3) is 0 Å². The van der Waals surface area contributed by atoms with Gasteiger partial charge in [-0.3, -0.25) is 9.59 Å². The second-order valence-electron chi connectivity index (χ2n) is 4.29. The summed E-state index contributed by atoms with van der Waals surface area (Å²) in [5, 5.41) is 0. The van der Waals surface area contributed by atoms with Crippen LogP contribution in [0.2, 0.25) is 0 Å². The Morgan fingerprint density at radius 3 is 3.00 bits per heavy atom. The lowest BCUT2D eigenvalue weighted by Gasteiger charge is -2.30. The molecule has 1 atom stereocenters. The van der Waals surface area contributed by atoms with Crippen molar-refractivity contribution in [2.24, 2.45) is 5.41 Å². The van der Waals surface area contributed by atoms with Crippen LogP contribution in [0.1, 0.15) is 39.0 Å². The van der Waals surface area contributed by atoms with Crippen LogP contribution >= 0.6 is 0 Å². The van der Waals surface area contributed by atoms with Gasteiger partial charge in [0.2, 0.25) is 0 Å². The van der Waals surface area contributed by atoms with E-state index in [0.717, 1.165) is 24.8 Å². The summed E-state index contributed by atoms with van der Waals surface area (Å²) in [6.07, 6.45) is 5.54. The molecule has 0 amide bonds. The highest BCUT2D eigenvalue weighted by atomic mass is 16.5. The summed E-state index contributed by atoms with van der Waals surface area (Å²) < 4.78 is 5.13. The molecule has 0 N–H and O–H groups in total. The minimum atomic E-state index is -0.441. The van der Waals surface area contributed by atoms with E-state index in [4.69, 9.17) is 4.74 Å². The summed E-state index contributed by atoms with van der Waals surface area (Å²) in [4.78, 5) is 23.2. The maximum Gasteiger partial charge on any atom is 0.316 e. The SMILES string of the molecule is CCOC(=O)C12CCCC1=CC(=O)CC2. The molecule has 0 bridgehead atoms. The van der Waals surface area contributed by atoms with Gasteiger partial charge < -0.3 is 4.74 Å². The smallest absolute Gasteiger partial charge is 0.316 e. The van der Waals surface area contributed by atoms with Gasteiger partial charge in [0.15, 0.2) is 5.78 Å². The molecule has 82 valence electrons. The summed E-state index contributed by atoms with van der Waals surface area (Å²) in [5.41, 5.74) is 0.571. The van der Waals surface area contributed by atoms with Crippen molar-refractivity contribution in [3.8, 4) is 0 Å². The fraction of sp³-hybridized carbons (Fsp3) is 0.667. The van der Waals surface area contributed by atoms with E-state index in [1.54, 1.807) is 6.08 Å². The van der Waals surface area contributed by atoms with E-state index in [-0.39, 0.29) is 11.8 Å². The number of rotatable bonds is 2. The van der Waals surface area contributed by atoms with Gasteiger partial charge in [0, 0.05) is 6.42 Å². The lowest BCUT2D eigenvalue weighted by Crippen LogP contribution is -2.35. The van der Waals surface area contributed by atoms with Crippen LogP contribution in [-0.4, -0.2) is 18.4 Å². The molecular formula is C12H16O3. The Morgan fingerprint density at radius 1 is 1.47 bits per heavy atom. The van der Waals surface area contributed by atoms with Gasteiger partial charge in [-0.05, 0) is 44.3 Å². The normalized spacial score (nSPS) is 29.7. The van der Waals surface area contributed by atoms with Gasteiger partial charge in [0.05, 0.1) is 12.0 Å². The second kappa shape index (κ2) is 3.80. The molecule has 1 saturated carbocycles. The first-order valence-corrected chi connectivity index (χ1v) is 5.60. The standard InChI is InChI=1S/C12H16O3/c1-2-15-11(14)12-6-3-4-9(12)8-10(13)5-7-12/h8H,2-7H2,1H3. The number of ether oxygens (including phenoxy) is 1. The van der Waals surface area contributed by atoms with E-state index in [2.05, 4.69) is 0 Å². The molecular weight excluding hydrogens is 192 g/mol. The molecule has 0 aromatic rings. The summed E-state index contributed by atoms with van der Waals surface area (Å²) in [6, 6.07) is 0. The number of hydrogen-bond donors (Lipinski definition) is 0. The first-order valence-electron chi connectivity index (χ1n) is 5.60. The Kier molecular flexibility index (Phi) is 2.63. The Bertz CT molecular complexity index is 330. The van der Waals surface area contributed by atoms with Crippen molar-refractivity contribution in [1.82, 2.24) is 0 Å². The van der Waals surface area contributed by atoms with Crippen LogP contribution in [0, 0.1) is 5.41 Å². The molecule has 2 aliphatic carbocycles. The Morgan fingerprint density at radius 2 is 2.27 bits per heavy atom. The van der Waals surface area contributed by atoms with Crippen molar-refractivity contribution >= 4 is 11.8 Å². The van der Waals surface area contributed by atoms with Crippen molar-refractivity contribution in [1.29, 1.82) is 0 Å². The Hall–Kier alpha value is -1.12. The lowest BCUT2D eigenvalue weighted by atomic mass is 9.74. The molecule has 0 heterocycles. The fourth-order valence-corrected chi connectivity index (χ4v) is 2.68. The quantitative estimate of drug-likeness (QED) is 0.652. The minimum Gasteiger partial charge on any atom is -0.465 e. The van der Waals surface area contributed by atoms with E-state index >= 15 is 0 Å². The molecule has 15 heavy (non-hydrogen) atoms. The summed E-state index contributed by atoms with van der Waals surface area (Å²) >= 11 is 0. The third kappa shape index (κ3) is 1.60. The average molecular weight is 208 g/mol. The molecule has 0 aromatic heterocycles. The van der Waals surface area contributed by atoms with E-state index < -0.39 is 5.41 Å². The third-order valence-corrected chi connectivity index (χ3v) is 3.46. The topological polar surface area (TPSA) is 43.4 Å². The predicted octanol–water partition coefficient (Wildman–Crippen LogP) is 2.01. The maximum absolute atomic E-state index is 11.9. The number of hydrogen-bond acceptors (Lipinski definition) is 3. The van der Waals surface area contributed by atoms with Gasteiger partial charge in [0.25, 0.3) is 0 Å². The number of allylic oxidation sites excluding steroid dienone is 1. The number of carbonyl (C=O) groups excluding carboxylic acids is 2. The number of fused-ring (bicyclic) bond motifs is 1. The second-order valence-corrected chi connectivity index (χ2v) is 4.29. The molecule has 2 aliphatic rings. The van der Waals surface area contributed by atoms with Gasteiger partial charge in [-0.1, -0.05) is 0 Å². The molecule has 0 aromatic carbocycles. The van der Waals surface area contributed by atoms with E-state index in [0.29, 0.717) is 19.4 Å². The van der Waals surface area contributed by atoms with Crippen LogP contribution in [0.15, 0.2) is 11.6 Å². The first-order chi connectivity index (χ1) is 7.19. The van der Waals surface area contributed by atoms with Crippen LogP contribution in [0.4, 0.5) is 0 Å². The molecule has 1 unspecified atom stereocenters. The molecule has 0 radical (unpaired) electrons. The van der Waals surface area contributed by atoms with E-state index in [1.807, 2.05) is 6.92 Å². The largest absolute Gasteiger partial charge is 0.465 e. The third-order valence-electron chi connectivity index (χ3n) is 3.46. The van der Waals surface area contributed by atoms with Gasteiger partial charge in [-0.15, -0.1) is 0 Å².